The van der Waals surface area contributed by atoms with Crippen LogP contribution in [0.4, 0.5) is 0 Å². The van der Waals surface area contributed by atoms with Crippen LogP contribution in [0.5, 0.6) is 0 Å². The molecule has 0 aromatic carbocycles. The van der Waals surface area contributed by atoms with Crippen molar-refractivity contribution >= 4 is 17.5 Å². The molecule has 31 heavy (non-hydrogen) atoms. The average Bonchev–Trinajstić information content (AvgIpc) is 3.44. The van der Waals surface area contributed by atoms with Crippen LogP contribution in [0.1, 0.15) is 56.3 Å². The lowest BCUT2D eigenvalue weighted by Crippen LogP contribution is -2.51. The van der Waals surface area contributed by atoms with Crippen LogP contribution in [0.2, 0.25) is 0 Å². The van der Waals surface area contributed by atoms with Crippen LogP contribution in [0.15, 0.2) is 24.4 Å². The lowest BCUT2D eigenvalue weighted by atomic mass is 9.87. The molecule has 1 atom stereocenters. The third-order valence-electron chi connectivity index (χ3n) is 7.68. The normalized spacial score (nSPS) is 25.1. The predicted molar refractivity (Wildman–Crippen MR) is 119 cm³/mol. The zero-order valence-corrected chi connectivity index (χ0v) is 18.6. The first kappa shape index (κ1) is 20.5. The number of nitrogens with zero attached hydrogens (tertiary/aromatic N) is 5. The van der Waals surface area contributed by atoms with Crippen molar-refractivity contribution in [2.75, 3.05) is 32.7 Å². The number of aromatic nitrogens is 2. The highest BCUT2D eigenvalue weighted by Gasteiger charge is 2.46. The van der Waals surface area contributed by atoms with Crippen molar-refractivity contribution < 1.29 is 9.59 Å². The molecule has 2 aromatic heterocycles. The van der Waals surface area contributed by atoms with Gasteiger partial charge in [-0.2, -0.15) is 0 Å². The standard InChI is InChI=1S/C24H33N5O2/c1-19-20(25-21-7-2-3-15-28(19)21)17-26-12-6-9-24(11-16-26)10-8-22(30)29(24)18-23(31)27-13-4-5-14-27/h2-3,7,15H,4-6,8-14,16-18H2,1H3. The lowest BCUT2D eigenvalue weighted by molar-refractivity contribution is -0.141. The maximum atomic E-state index is 12.8. The Hall–Kier alpha value is -2.41. The number of pyridine rings is 1. The van der Waals surface area contributed by atoms with Crippen molar-refractivity contribution in [1.82, 2.24) is 24.1 Å². The molecule has 3 aliphatic heterocycles. The highest BCUT2D eigenvalue weighted by molar-refractivity contribution is 5.87. The molecule has 0 radical (unpaired) electrons. The molecule has 0 N–H and O–H groups in total. The summed E-state index contributed by atoms with van der Waals surface area (Å²) in [5, 5.41) is 0. The van der Waals surface area contributed by atoms with E-state index in [1.54, 1.807) is 0 Å². The maximum Gasteiger partial charge on any atom is 0.242 e. The summed E-state index contributed by atoms with van der Waals surface area (Å²) in [6.07, 6.45) is 8.70. The Morgan fingerprint density at radius 3 is 2.71 bits per heavy atom. The number of aryl methyl sites for hydroxylation is 1. The minimum absolute atomic E-state index is 0.133. The van der Waals surface area contributed by atoms with E-state index in [-0.39, 0.29) is 23.9 Å². The van der Waals surface area contributed by atoms with Crippen molar-refractivity contribution in [3.63, 3.8) is 0 Å². The number of amides is 2. The van der Waals surface area contributed by atoms with Gasteiger partial charge in [0.05, 0.1) is 5.69 Å². The number of imidazole rings is 1. The van der Waals surface area contributed by atoms with E-state index in [1.165, 1.54) is 5.69 Å². The van der Waals surface area contributed by atoms with Gasteiger partial charge in [-0.05, 0) is 64.1 Å². The van der Waals surface area contributed by atoms with Gasteiger partial charge in [0.25, 0.3) is 0 Å². The molecule has 0 bridgehead atoms. The number of fused-ring (bicyclic) bond motifs is 1. The molecule has 5 rings (SSSR count). The summed E-state index contributed by atoms with van der Waals surface area (Å²) in [6.45, 7) is 6.89. The zero-order chi connectivity index (χ0) is 21.4. The number of likely N-dealkylation sites (tertiary alicyclic amines) is 3. The van der Waals surface area contributed by atoms with E-state index in [2.05, 4.69) is 22.4 Å². The number of hydrogen-bond donors (Lipinski definition) is 0. The first-order valence-electron chi connectivity index (χ1n) is 11.8. The van der Waals surface area contributed by atoms with Gasteiger partial charge in [-0.15, -0.1) is 0 Å². The summed E-state index contributed by atoms with van der Waals surface area (Å²) in [7, 11) is 0. The van der Waals surface area contributed by atoms with Crippen LogP contribution in [-0.4, -0.2) is 74.2 Å². The molecule has 3 saturated heterocycles. The van der Waals surface area contributed by atoms with Gasteiger partial charge in [-0.25, -0.2) is 4.98 Å². The predicted octanol–water partition coefficient (Wildman–Crippen LogP) is 2.61. The first-order chi connectivity index (χ1) is 15.1. The minimum Gasteiger partial charge on any atom is -0.341 e. The highest BCUT2D eigenvalue weighted by Crippen LogP contribution is 2.39. The van der Waals surface area contributed by atoms with Crippen molar-refractivity contribution in [2.45, 2.75) is 64.0 Å². The molecular weight excluding hydrogens is 390 g/mol. The highest BCUT2D eigenvalue weighted by atomic mass is 16.2. The Labute approximate surface area is 184 Å². The summed E-state index contributed by atoms with van der Waals surface area (Å²) in [5.41, 5.74) is 3.18. The van der Waals surface area contributed by atoms with Gasteiger partial charge in [-0.1, -0.05) is 6.07 Å². The summed E-state index contributed by atoms with van der Waals surface area (Å²) in [5.74, 6) is 0.297. The Morgan fingerprint density at radius 2 is 1.90 bits per heavy atom. The number of carbonyl (C=O) groups excluding carboxylic acids is 2. The first-order valence-corrected chi connectivity index (χ1v) is 11.8. The SMILES string of the molecule is Cc1c(CN2CCCC3(CCC(=O)N3CC(=O)N3CCCC3)CC2)nc2ccccn12. The molecule has 2 amide bonds. The van der Waals surface area contributed by atoms with E-state index in [0.29, 0.717) is 6.42 Å². The Bertz CT molecular complexity index is 980. The smallest absolute Gasteiger partial charge is 0.242 e. The molecule has 7 nitrogen and oxygen atoms in total. The molecule has 7 heteroatoms. The molecule has 166 valence electrons. The van der Waals surface area contributed by atoms with E-state index in [4.69, 9.17) is 4.98 Å². The molecule has 1 spiro atoms. The van der Waals surface area contributed by atoms with Crippen LogP contribution in [0.25, 0.3) is 5.65 Å². The van der Waals surface area contributed by atoms with Gasteiger partial charge in [0.2, 0.25) is 11.8 Å². The molecule has 1 unspecified atom stereocenters. The van der Waals surface area contributed by atoms with Crippen molar-refractivity contribution in [1.29, 1.82) is 0 Å². The third-order valence-corrected chi connectivity index (χ3v) is 7.68. The maximum absolute atomic E-state index is 12.8. The molecule has 3 fully saturated rings. The minimum atomic E-state index is -0.144. The van der Waals surface area contributed by atoms with Gasteiger partial charge < -0.3 is 14.2 Å². The molecule has 3 aliphatic rings. The quantitative estimate of drug-likeness (QED) is 0.759. The van der Waals surface area contributed by atoms with E-state index in [9.17, 15) is 9.59 Å². The van der Waals surface area contributed by atoms with Crippen LogP contribution in [0, 0.1) is 6.92 Å². The fourth-order valence-corrected chi connectivity index (χ4v) is 5.77. The topological polar surface area (TPSA) is 61.2 Å². The number of rotatable bonds is 4. The second-order valence-electron chi connectivity index (χ2n) is 9.49. The summed E-state index contributed by atoms with van der Waals surface area (Å²) >= 11 is 0. The van der Waals surface area contributed by atoms with Crippen LogP contribution in [-0.2, 0) is 16.1 Å². The van der Waals surface area contributed by atoms with Gasteiger partial charge in [0, 0.05) is 50.0 Å². The Morgan fingerprint density at radius 1 is 1.06 bits per heavy atom. The van der Waals surface area contributed by atoms with Crippen molar-refractivity contribution in [3.8, 4) is 0 Å². The van der Waals surface area contributed by atoms with E-state index < -0.39 is 0 Å². The molecule has 2 aromatic rings. The molecule has 0 aliphatic carbocycles. The molecule has 0 saturated carbocycles. The lowest BCUT2D eigenvalue weighted by Gasteiger charge is -2.38. The van der Waals surface area contributed by atoms with Gasteiger partial charge >= 0.3 is 0 Å². The van der Waals surface area contributed by atoms with Crippen molar-refractivity contribution in [2.24, 2.45) is 0 Å². The monoisotopic (exact) mass is 423 g/mol. The fraction of sp³-hybridized carbons (Fsp3) is 0.625. The van der Waals surface area contributed by atoms with E-state index in [1.807, 2.05) is 28.0 Å². The van der Waals surface area contributed by atoms with Crippen LogP contribution >= 0.6 is 0 Å². The van der Waals surface area contributed by atoms with Crippen LogP contribution in [0.3, 0.4) is 0 Å². The summed E-state index contributed by atoms with van der Waals surface area (Å²) < 4.78 is 2.15. The Balaban J connectivity index is 1.28. The zero-order valence-electron chi connectivity index (χ0n) is 18.6. The van der Waals surface area contributed by atoms with Crippen molar-refractivity contribution in [3.05, 3.63) is 35.8 Å². The summed E-state index contributed by atoms with van der Waals surface area (Å²) in [6, 6.07) is 6.11. The molecular formula is C24H33N5O2. The van der Waals surface area contributed by atoms with E-state index >= 15 is 0 Å². The van der Waals surface area contributed by atoms with Gasteiger partial charge in [0.15, 0.2) is 0 Å². The second kappa shape index (κ2) is 8.26. The van der Waals surface area contributed by atoms with Gasteiger partial charge in [0.1, 0.15) is 12.2 Å². The second-order valence-corrected chi connectivity index (χ2v) is 9.49. The third kappa shape index (κ3) is 3.84. The largest absolute Gasteiger partial charge is 0.341 e. The number of hydrogen-bond acceptors (Lipinski definition) is 4. The van der Waals surface area contributed by atoms with Gasteiger partial charge in [-0.3, -0.25) is 14.5 Å². The fourth-order valence-electron chi connectivity index (χ4n) is 5.77. The average molecular weight is 424 g/mol. The molecule has 5 heterocycles. The number of carbonyl (C=O) groups is 2. The van der Waals surface area contributed by atoms with E-state index in [0.717, 1.165) is 82.6 Å². The summed E-state index contributed by atoms with van der Waals surface area (Å²) in [4.78, 5) is 36.8. The van der Waals surface area contributed by atoms with Crippen LogP contribution < -0.4 is 0 Å². The Kier molecular flexibility index (Phi) is 5.46.